The highest BCUT2D eigenvalue weighted by molar-refractivity contribution is 7.17. The van der Waals surface area contributed by atoms with E-state index in [0.29, 0.717) is 28.6 Å². The number of hydrogen-bond donors (Lipinski definition) is 2. The minimum atomic E-state index is -0.176. The minimum Gasteiger partial charge on any atom is -0.379 e. The predicted octanol–water partition coefficient (Wildman–Crippen LogP) is 3.19. The lowest BCUT2D eigenvalue weighted by Gasteiger charge is -2.26. The molecule has 6 nitrogen and oxygen atoms in total. The number of nitrogens with zero attached hydrogens (tertiary/aromatic N) is 1. The maximum Gasteiger partial charge on any atom is 0.256 e. The number of ether oxygens (including phenoxy) is 1. The van der Waals surface area contributed by atoms with Crippen molar-refractivity contribution in [1.29, 1.82) is 0 Å². The molecule has 30 heavy (non-hydrogen) atoms. The smallest absolute Gasteiger partial charge is 0.256 e. The lowest BCUT2D eigenvalue weighted by atomic mass is 9.88. The summed E-state index contributed by atoms with van der Waals surface area (Å²) in [4.78, 5) is 29.4. The van der Waals surface area contributed by atoms with Gasteiger partial charge >= 0.3 is 0 Å². The van der Waals surface area contributed by atoms with Gasteiger partial charge in [0.25, 0.3) is 11.8 Å². The Labute approximate surface area is 181 Å². The summed E-state index contributed by atoms with van der Waals surface area (Å²) in [5, 5.41) is 6.77. The van der Waals surface area contributed by atoms with Gasteiger partial charge in [-0.3, -0.25) is 14.5 Å². The number of fused-ring (bicyclic) bond motifs is 1. The highest BCUT2D eigenvalue weighted by atomic mass is 32.1. The summed E-state index contributed by atoms with van der Waals surface area (Å²) in [6.45, 7) is 6.95. The van der Waals surface area contributed by atoms with Crippen LogP contribution in [-0.2, 0) is 17.6 Å². The predicted molar refractivity (Wildman–Crippen MR) is 119 cm³/mol. The third kappa shape index (κ3) is 4.91. The van der Waals surface area contributed by atoms with Crippen molar-refractivity contribution >= 4 is 28.2 Å². The fourth-order valence-corrected chi connectivity index (χ4v) is 5.49. The minimum absolute atomic E-state index is 0.0846. The van der Waals surface area contributed by atoms with Crippen LogP contribution in [0.25, 0.3) is 0 Å². The molecule has 1 saturated heterocycles. The fourth-order valence-electron chi connectivity index (χ4n) is 4.08. The summed E-state index contributed by atoms with van der Waals surface area (Å²) >= 11 is 1.56. The molecule has 160 valence electrons. The van der Waals surface area contributed by atoms with Crippen molar-refractivity contribution in [1.82, 2.24) is 10.2 Å². The number of anilines is 1. The van der Waals surface area contributed by atoms with Gasteiger partial charge in [-0.05, 0) is 42.9 Å². The lowest BCUT2D eigenvalue weighted by molar-refractivity contribution is 0.0383. The summed E-state index contributed by atoms with van der Waals surface area (Å²) in [6, 6.07) is 9.14. The summed E-state index contributed by atoms with van der Waals surface area (Å²) < 4.78 is 5.38. The molecular weight excluding hydrogens is 398 g/mol. The average molecular weight is 428 g/mol. The molecule has 1 aliphatic carbocycles. The van der Waals surface area contributed by atoms with Crippen molar-refractivity contribution in [2.24, 2.45) is 5.92 Å². The van der Waals surface area contributed by atoms with Crippen molar-refractivity contribution in [3.05, 3.63) is 51.9 Å². The first kappa shape index (κ1) is 21.0. The largest absolute Gasteiger partial charge is 0.379 e. The maximum atomic E-state index is 13.1. The van der Waals surface area contributed by atoms with Crippen LogP contribution in [0.5, 0.6) is 0 Å². The summed E-state index contributed by atoms with van der Waals surface area (Å²) in [5.41, 5.74) is 2.37. The highest BCUT2D eigenvalue weighted by Crippen LogP contribution is 2.39. The second-order valence-electron chi connectivity index (χ2n) is 8.09. The molecule has 0 bridgehead atoms. The Morgan fingerprint density at radius 1 is 1.17 bits per heavy atom. The Morgan fingerprint density at radius 2 is 1.93 bits per heavy atom. The van der Waals surface area contributed by atoms with E-state index in [4.69, 9.17) is 4.74 Å². The first-order chi connectivity index (χ1) is 14.6. The van der Waals surface area contributed by atoms with E-state index in [1.165, 1.54) is 4.88 Å². The maximum absolute atomic E-state index is 13.1. The number of nitrogens with one attached hydrogen (secondary N) is 2. The number of rotatable bonds is 6. The van der Waals surface area contributed by atoms with Gasteiger partial charge in [0.15, 0.2) is 0 Å². The van der Waals surface area contributed by atoms with Crippen LogP contribution in [-0.4, -0.2) is 56.1 Å². The van der Waals surface area contributed by atoms with E-state index in [0.717, 1.165) is 57.7 Å². The van der Waals surface area contributed by atoms with Gasteiger partial charge in [-0.15, -0.1) is 11.3 Å². The third-order valence-electron chi connectivity index (χ3n) is 5.82. The van der Waals surface area contributed by atoms with E-state index in [9.17, 15) is 9.59 Å². The molecule has 0 radical (unpaired) electrons. The van der Waals surface area contributed by atoms with Crippen LogP contribution in [0.4, 0.5) is 5.00 Å². The van der Waals surface area contributed by atoms with Crippen molar-refractivity contribution in [2.45, 2.75) is 26.2 Å². The van der Waals surface area contributed by atoms with Crippen molar-refractivity contribution in [3.8, 4) is 0 Å². The standard InChI is InChI=1S/C23H29N3O3S/c1-16-7-8-18-19(15-16)30-23(25-21(27)17-5-3-2-4-6-17)20(18)22(28)24-9-10-26-11-13-29-14-12-26/h2-6,16H,7-15H2,1H3,(H,24,28)(H,25,27)/t16-/m1/s1. The lowest BCUT2D eigenvalue weighted by Crippen LogP contribution is -2.41. The van der Waals surface area contributed by atoms with Crippen molar-refractivity contribution in [3.63, 3.8) is 0 Å². The topological polar surface area (TPSA) is 70.7 Å². The molecule has 2 N–H and O–H groups in total. The molecule has 1 aromatic carbocycles. The van der Waals surface area contributed by atoms with Gasteiger partial charge in [-0.25, -0.2) is 0 Å². The molecule has 2 aromatic rings. The molecule has 1 fully saturated rings. The molecule has 0 unspecified atom stereocenters. The third-order valence-corrected chi connectivity index (χ3v) is 6.99. The number of benzene rings is 1. The first-order valence-electron chi connectivity index (χ1n) is 10.7. The van der Waals surface area contributed by atoms with Gasteiger partial charge in [-0.1, -0.05) is 25.1 Å². The molecule has 2 amide bonds. The zero-order valence-corrected chi connectivity index (χ0v) is 18.2. The number of hydrogen-bond acceptors (Lipinski definition) is 5. The van der Waals surface area contributed by atoms with E-state index >= 15 is 0 Å². The van der Waals surface area contributed by atoms with Crippen molar-refractivity contribution in [2.75, 3.05) is 44.7 Å². The van der Waals surface area contributed by atoms with Crippen LogP contribution < -0.4 is 10.6 Å². The molecule has 1 aliphatic heterocycles. The van der Waals surface area contributed by atoms with E-state index in [2.05, 4.69) is 22.5 Å². The molecule has 1 aromatic heterocycles. The van der Waals surface area contributed by atoms with Gasteiger partial charge in [0.2, 0.25) is 0 Å². The Bertz CT molecular complexity index is 891. The number of carbonyl (C=O) groups is 2. The normalized spacial score (nSPS) is 19.2. The summed E-state index contributed by atoms with van der Waals surface area (Å²) in [5.74, 6) is 0.342. The molecule has 2 aliphatic rings. The second-order valence-corrected chi connectivity index (χ2v) is 9.19. The van der Waals surface area contributed by atoms with Crippen molar-refractivity contribution < 1.29 is 14.3 Å². The Kier molecular flexibility index (Phi) is 6.82. The fraction of sp³-hybridized carbons (Fsp3) is 0.478. The monoisotopic (exact) mass is 427 g/mol. The first-order valence-corrected chi connectivity index (χ1v) is 11.5. The number of carbonyl (C=O) groups excluding carboxylic acids is 2. The summed E-state index contributed by atoms with van der Waals surface area (Å²) in [6.07, 6.45) is 2.93. The Balaban J connectivity index is 1.49. The summed E-state index contributed by atoms with van der Waals surface area (Å²) in [7, 11) is 0. The van der Waals surface area contributed by atoms with Crippen LogP contribution in [0.1, 0.15) is 44.5 Å². The van der Waals surface area contributed by atoms with E-state index in [-0.39, 0.29) is 11.8 Å². The molecule has 2 heterocycles. The zero-order chi connectivity index (χ0) is 20.9. The Hall–Kier alpha value is -2.22. The van der Waals surface area contributed by atoms with E-state index in [1.54, 1.807) is 23.5 Å². The van der Waals surface area contributed by atoms with Crippen LogP contribution in [0.15, 0.2) is 30.3 Å². The molecule has 0 saturated carbocycles. The van der Waals surface area contributed by atoms with Gasteiger partial charge in [0.05, 0.1) is 18.8 Å². The molecule has 7 heteroatoms. The molecule has 4 rings (SSSR count). The quantitative estimate of drug-likeness (QED) is 0.743. The second kappa shape index (κ2) is 9.73. The van der Waals surface area contributed by atoms with Gasteiger partial charge < -0.3 is 15.4 Å². The van der Waals surface area contributed by atoms with Crippen LogP contribution >= 0.6 is 11.3 Å². The zero-order valence-electron chi connectivity index (χ0n) is 17.4. The molecule has 1 atom stereocenters. The van der Waals surface area contributed by atoms with E-state index < -0.39 is 0 Å². The number of thiophene rings is 1. The van der Waals surface area contributed by atoms with E-state index in [1.807, 2.05) is 18.2 Å². The molecular formula is C23H29N3O3S. The number of morpholine rings is 1. The van der Waals surface area contributed by atoms with Crippen LogP contribution in [0.2, 0.25) is 0 Å². The average Bonchev–Trinajstić information content (AvgIpc) is 3.11. The number of amides is 2. The SMILES string of the molecule is C[C@@H]1CCc2c(sc(NC(=O)c3ccccc3)c2C(=O)NCCN2CCOCC2)C1. The molecule has 0 spiro atoms. The van der Waals surface area contributed by atoms with Gasteiger partial charge in [0, 0.05) is 36.6 Å². The van der Waals surface area contributed by atoms with Gasteiger partial charge in [-0.2, -0.15) is 0 Å². The Morgan fingerprint density at radius 3 is 2.70 bits per heavy atom. The van der Waals surface area contributed by atoms with Gasteiger partial charge in [0.1, 0.15) is 5.00 Å². The van der Waals surface area contributed by atoms with Crippen LogP contribution in [0.3, 0.4) is 0 Å². The highest BCUT2D eigenvalue weighted by Gasteiger charge is 2.28. The van der Waals surface area contributed by atoms with Crippen LogP contribution in [0, 0.1) is 5.92 Å².